The second-order valence-electron chi connectivity index (χ2n) is 2.61. The Morgan fingerprint density at radius 3 is 2.54 bits per heavy atom. The SMILES string of the molecule is NC(=O)C(NCO)c1ccccc1. The highest BCUT2D eigenvalue weighted by molar-refractivity contribution is 5.81. The Bertz CT molecular complexity index is 274. The first-order valence-corrected chi connectivity index (χ1v) is 3.94. The lowest BCUT2D eigenvalue weighted by molar-refractivity contribution is -0.120. The molecule has 0 saturated heterocycles. The maximum absolute atomic E-state index is 10.9. The van der Waals surface area contributed by atoms with Gasteiger partial charge in [-0.05, 0) is 5.56 Å². The summed E-state index contributed by atoms with van der Waals surface area (Å²) >= 11 is 0. The van der Waals surface area contributed by atoms with Gasteiger partial charge in [0.1, 0.15) is 6.04 Å². The fourth-order valence-corrected chi connectivity index (χ4v) is 1.12. The lowest BCUT2D eigenvalue weighted by atomic mass is 10.1. The first-order valence-electron chi connectivity index (χ1n) is 3.94. The molecule has 1 amide bonds. The smallest absolute Gasteiger partial charge is 0.239 e. The summed E-state index contributed by atoms with van der Waals surface area (Å²) in [5.74, 6) is -0.500. The molecule has 0 radical (unpaired) electrons. The van der Waals surface area contributed by atoms with Gasteiger partial charge in [-0.25, -0.2) is 0 Å². The number of primary amides is 1. The van der Waals surface area contributed by atoms with Crippen LogP contribution in [0.2, 0.25) is 0 Å². The van der Waals surface area contributed by atoms with Crippen LogP contribution in [0.4, 0.5) is 0 Å². The fraction of sp³-hybridized carbons (Fsp3) is 0.222. The molecule has 1 aromatic carbocycles. The number of aliphatic hydroxyl groups excluding tert-OH is 1. The third-order valence-electron chi connectivity index (χ3n) is 1.71. The summed E-state index contributed by atoms with van der Waals surface area (Å²) in [6.07, 6.45) is 0. The van der Waals surface area contributed by atoms with Crippen molar-refractivity contribution >= 4 is 5.91 Å². The molecule has 13 heavy (non-hydrogen) atoms. The molecule has 0 aromatic heterocycles. The molecule has 4 heteroatoms. The Morgan fingerprint density at radius 1 is 1.46 bits per heavy atom. The minimum Gasteiger partial charge on any atom is -0.381 e. The van der Waals surface area contributed by atoms with Crippen LogP contribution in [0.25, 0.3) is 0 Å². The van der Waals surface area contributed by atoms with Crippen molar-refractivity contribution in [3.63, 3.8) is 0 Å². The molecule has 0 aliphatic rings. The van der Waals surface area contributed by atoms with E-state index in [1.54, 1.807) is 12.1 Å². The zero-order valence-corrected chi connectivity index (χ0v) is 7.10. The summed E-state index contributed by atoms with van der Waals surface area (Å²) in [5.41, 5.74) is 5.90. The van der Waals surface area contributed by atoms with Gasteiger partial charge in [0.25, 0.3) is 0 Å². The van der Waals surface area contributed by atoms with Crippen molar-refractivity contribution in [2.45, 2.75) is 6.04 Å². The van der Waals surface area contributed by atoms with Gasteiger partial charge in [0, 0.05) is 0 Å². The van der Waals surface area contributed by atoms with E-state index in [0.717, 1.165) is 5.56 Å². The summed E-state index contributed by atoms with van der Waals surface area (Å²) in [6.45, 7) is -0.275. The minimum absolute atomic E-state index is 0.275. The Kier molecular flexibility index (Phi) is 3.42. The van der Waals surface area contributed by atoms with E-state index in [0.29, 0.717) is 0 Å². The average Bonchev–Trinajstić information content (AvgIpc) is 2.15. The molecule has 0 heterocycles. The zero-order valence-electron chi connectivity index (χ0n) is 7.10. The van der Waals surface area contributed by atoms with E-state index in [2.05, 4.69) is 5.32 Å². The van der Waals surface area contributed by atoms with Gasteiger partial charge in [0.2, 0.25) is 5.91 Å². The van der Waals surface area contributed by atoms with Crippen LogP contribution in [-0.2, 0) is 4.79 Å². The average molecular weight is 180 g/mol. The Morgan fingerprint density at radius 2 is 2.08 bits per heavy atom. The number of hydrogen-bond acceptors (Lipinski definition) is 3. The molecule has 0 fully saturated rings. The highest BCUT2D eigenvalue weighted by Gasteiger charge is 2.15. The zero-order chi connectivity index (χ0) is 9.68. The molecular weight excluding hydrogens is 168 g/mol. The summed E-state index contributed by atoms with van der Waals surface area (Å²) in [6, 6.07) is 8.40. The normalized spacial score (nSPS) is 12.4. The predicted octanol–water partition coefficient (Wildman–Crippen LogP) is -0.248. The highest BCUT2D eigenvalue weighted by atomic mass is 16.3. The van der Waals surface area contributed by atoms with Gasteiger partial charge in [0.15, 0.2) is 0 Å². The van der Waals surface area contributed by atoms with Crippen LogP contribution in [-0.4, -0.2) is 17.7 Å². The van der Waals surface area contributed by atoms with Crippen molar-refractivity contribution in [1.82, 2.24) is 5.32 Å². The molecule has 70 valence electrons. The van der Waals surface area contributed by atoms with E-state index < -0.39 is 11.9 Å². The van der Waals surface area contributed by atoms with Gasteiger partial charge in [0.05, 0.1) is 6.73 Å². The van der Waals surface area contributed by atoms with Crippen molar-refractivity contribution in [3.05, 3.63) is 35.9 Å². The van der Waals surface area contributed by atoms with Crippen molar-refractivity contribution in [2.75, 3.05) is 6.73 Å². The molecular formula is C9H12N2O2. The topological polar surface area (TPSA) is 75.4 Å². The van der Waals surface area contributed by atoms with E-state index in [1.807, 2.05) is 18.2 Å². The number of benzene rings is 1. The number of carbonyl (C=O) groups is 1. The lowest BCUT2D eigenvalue weighted by Crippen LogP contribution is -2.34. The molecule has 0 aliphatic carbocycles. The first-order chi connectivity index (χ1) is 6.25. The standard InChI is InChI=1S/C9H12N2O2/c10-9(13)8(11-6-12)7-4-2-1-3-5-7/h1-5,8,11-12H,6H2,(H2,10,13). The van der Waals surface area contributed by atoms with Crippen LogP contribution in [0.1, 0.15) is 11.6 Å². The fourth-order valence-electron chi connectivity index (χ4n) is 1.12. The van der Waals surface area contributed by atoms with E-state index in [9.17, 15) is 4.79 Å². The molecule has 0 aliphatic heterocycles. The summed E-state index contributed by atoms with van der Waals surface area (Å²) in [7, 11) is 0. The van der Waals surface area contributed by atoms with Gasteiger partial charge in [-0.3, -0.25) is 10.1 Å². The number of aliphatic hydroxyl groups is 1. The van der Waals surface area contributed by atoms with Gasteiger partial charge >= 0.3 is 0 Å². The van der Waals surface area contributed by atoms with Gasteiger partial charge in [-0.2, -0.15) is 0 Å². The van der Waals surface area contributed by atoms with Crippen LogP contribution in [0.3, 0.4) is 0 Å². The number of rotatable bonds is 4. The molecule has 0 bridgehead atoms. The van der Waals surface area contributed by atoms with E-state index in [-0.39, 0.29) is 6.73 Å². The highest BCUT2D eigenvalue weighted by Crippen LogP contribution is 2.10. The Hall–Kier alpha value is -1.39. The maximum Gasteiger partial charge on any atom is 0.239 e. The number of carbonyl (C=O) groups excluding carboxylic acids is 1. The van der Waals surface area contributed by atoms with Crippen molar-refractivity contribution in [1.29, 1.82) is 0 Å². The van der Waals surface area contributed by atoms with Crippen molar-refractivity contribution < 1.29 is 9.90 Å². The number of nitrogens with one attached hydrogen (secondary N) is 1. The summed E-state index contributed by atoms with van der Waals surface area (Å²) in [5, 5.41) is 11.2. The summed E-state index contributed by atoms with van der Waals surface area (Å²) < 4.78 is 0. The van der Waals surface area contributed by atoms with Gasteiger partial charge in [-0.15, -0.1) is 0 Å². The second kappa shape index (κ2) is 4.59. The number of nitrogens with two attached hydrogens (primary N) is 1. The largest absolute Gasteiger partial charge is 0.381 e. The third-order valence-corrected chi connectivity index (χ3v) is 1.71. The predicted molar refractivity (Wildman–Crippen MR) is 48.6 cm³/mol. The van der Waals surface area contributed by atoms with Gasteiger partial charge < -0.3 is 10.8 Å². The first kappa shape index (κ1) is 9.70. The number of amides is 1. The second-order valence-corrected chi connectivity index (χ2v) is 2.61. The van der Waals surface area contributed by atoms with Crippen LogP contribution in [0, 0.1) is 0 Å². The molecule has 4 nitrogen and oxygen atoms in total. The van der Waals surface area contributed by atoms with Crippen LogP contribution >= 0.6 is 0 Å². The van der Waals surface area contributed by atoms with E-state index in [4.69, 9.17) is 10.8 Å². The maximum atomic E-state index is 10.9. The van der Waals surface area contributed by atoms with Crippen LogP contribution < -0.4 is 11.1 Å². The van der Waals surface area contributed by atoms with Crippen LogP contribution in [0.5, 0.6) is 0 Å². The van der Waals surface area contributed by atoms with Crippen LogP contribution in [0.15, 0.2) is 30.3 Å². The molecule has 0 spiro atoms. The minimum atomic E-state index is -0.619. The molecule has 1 rings (SSSR count). The van der Waals surface area contributed by atoms with Gasteiger partial charge in [-0.1, -0.05) is 30.3 Å². The molecule has 4 N–H and O–H groups in total. The molecule has 0 saturated carbocycles. The van der Waals surface area contributed by atoms with Crippen molar-refractivity contribution in [3.8, 4) is 0 Å². The quantitative estimate of drug-likeness (QED) is 0.559. The van der Waals surface area contributed by atoms with Crippen molar-refractivity contribution in [2.24, 2.45) is 5.73 Å². The van der Waals surface area contributed by atoms with E-state index >= 15 is 0 Å². The third kappa shape index (κ3) is 2.54. The van der Waals surface area contributed by atoms with E-state index in [1.165, 1.54) is 0 Å². The molecule has 1 unspecified atom stereocenters. The molecule has 1 atom stereocenters. The number of hydrogen-bond donors (Lipinski definition) is 3. The monoisotopic (exact) mass is 180 g/mol. The Balaban J connectivity index is 2.82. The Labute approximate surface area is 76.4 Å². The lowest BCUT2D eigenvalue weighted by Gasteiger charge is -2.13. The summed E-state index contributed by atoms with van der Waals surface area (Å²) in [4.78, 5) is 10.9. The molecule has 1 aromatic rings.